The number of nitrogens with zero attached hydrogens (tertiary/aromatic N) is 5. The SMILES string of the molecule is CCc1nc2c(N3CCOCC3)nc(S(=O)(=O)Cc3ccc(C(=O)OC)cc3)nc2n1C. The minimum Gasteiger partial charge on any atom is -0.465 e. The number of sulfone groups is 1. The summed E-state index contributed by atoms with van der Waals surface area (Å²) >= 11 is 0. The Hall–Kier alpha value is -3.05. The predicted molar refractivity (Wildman–Crippen MR) is 117 cm³/mol. The van der Waals surface area contributed by atoms with Crippen LogP contribution in [-0.4, -0.2) is 67.3 Å². The van der Waals surface area contributed by atoms with Crippen LogP contribution in [-0.2, 0) is 38.5 Å². The first-order chi connectivity index (χ1) is 15.3. The second-order valence-corrected chi connectivity index (χ2v) is 9.37. The molecular weight excluding hydrogens is 434 g/mol. The molecule has 0 spiro atoms. The van der Waals surface area contributed by atoms with E-state index in [9.17, 15) is 13.2 Å². The molecule has 3 aromatic rings. The van der Waals surface area contributed by atoms with E-state index in [4.69, 9.17) is 4.74 Å². The van der Waals surface area contributed by atoms with E-state index in [1.54, 1.807) is 12.1 Å². The highest BCUT2D eigenvalue weighted by Crippen LogP contribution is 2.27. The zero-order valence-corrected chi connectivity index (χ0v) is 19.1. The van der Waals surface area contributed by atoms with Crippen molar-refractivity contribution in [1.29, 1.82) is 0 Å². The Labute approximate surface area is 186 Å². The third-order valence-corrected chi connectivity index (χ3v) is 6.86. The molecule has 1 fully saturated rings. The average molecular weight is 460 g/mol. The number of anilines is 1. The number of carbonyl (C=O) groups is 1. The number of hydrogen-bond donors (Lipinski definition) is 0. The molecule has 0 aliphatic carbocycles. The summed E-state index contributed by atoms with van der Waals surface area (Å²) in [5, 5.41) is -0.241. The van der Waals surface area contributed by atoms with Crippen molar-refractivity contribution in [2.75, 3.05) is 38.3 Å². The number of esters is 1. The summed E-state index contributed by atoms with van der Waals surface area (Å²) in [4.78, 5) is 27.1. The largest absolute Gasteiger partial charge is 0.465 e. The minimum absolute atomic E-state index is 0.241. The van der Waals surface area contributed by atoms with Crippen LogP contribution in [0.4, 0.5) is 5.82 Å². The van der Waals surface area contributed by atoms with Gasteiger partial charge in [-0.15, -0.1) is 0 Å². The van der Waals surface area contributed by atoms with E-state index in [1.165, 1.54) is 19.2 Å². The molecule has 0 N–H and O–H groups in total. The molecule has 2 aromatic heterocycles. The Morgan fingerprint density at radius 3 is 2.44 bits per heavy atom. The fourth-order valence-corrected chi connectivity index (χ4v) is 4.87. The normalized spacial score (nSPS) is 14.7. The third kappa shape index (κ3) is 4.17. The summed E-state index contributed by atoms with van der Waals surface area (Å²) in [5.74, 6) is 0.539. The van der Waals surface area contributed by atoms with Crippen LogP contribution in [0.1, 0.15) is 28.7 Å². The number of methoxy groups -OCH3 is 1. The van der Waals surface area contributed by atoms with E-state index in [-0.39, 0.29) is 10.9 Å². The van der Waals surface area contributed by atoms with Crippen molar-refractivity contribution < 1.29 is 22.7 Å². The van der Waals surface area contributed by atoms with Gasteiger partial charge in [-0.05, 0) is 17.7 Å². The Balaban J connectivity index is 1.75. The number of aromatic nitrogens is 4. The molecule has 0 atom stereocenters. The molecule has 11 heteroatoms. The molecule has 1 aliphatic rings. The number of fused-ring (bicyclic) bond motifs is 1. The first-order valence-electron chi connectivity index (χ1n) is 10.3. The van der Waals surface area contributed by atoms with E-state index in [0.717, 1.165) is 5.82 Å². The zero-order chi connectivity index (χ0) is 22.9. The van der Waals surface area contributed by atoms with Crippen molar-refractivity contribution in [1.82, 2.24) is 19.5 Å². The lowest BCUT2D eigenvalue weighted by Gasteiger charge is -2.28. The fourth-order valence-electron chi connectivity index (χ4n) is 3.66. The van der Waals surface area contributed by atoms with Gasteiger partial charge in [0.1, 0.15) is 5.82 Å². The Bertz CT molecular complexity index is 1250. The smallest absolute Gasteiger partial charge is 0.337 e. The van der Waals surface area contributed by atoms with Gasteiger partial charge in [0.05, 0.1) is 31.6 Å². The highest BCUT2D eigenvalue weighted by atomic mass is 32.2. The summed E-state index contributed by atoms with van der Waals surface area (Å²) < 4.78 is 38.4. The molecular formula is C21H25N5O5S. The van der Waals surface area contributed by atoms with Crippen LogP contribution >= 0.6 is 0 Å². The molecule has 0 bridgehead atoms. The maximum atomic E-state index is 13.3. The number of hydrogen-bond acceptors (Lipinski definition) is 9. The number of aryl methyl sites for hydroxylation is 2. The molecule has 3 heterocycles. The second kappa shape index (κ2) is 8.83. The summed E-state index contributed by atoms with van der Waals surface area (Å²) in [5.41, 5.74) is 1.95. The predicted octanol–water partition coefficient (Wildman–Crippen LogP) is 1.52. The van der Waals surface area contributed by atoms with Gasteiger partial charge in [0.25, 0.3) is 5.16 Å². The lowest BCUT2D eigenvalue weighted by atomic mass is 10.1. The summed E-state index contributed by atoms with van der Waals surface area (Å²) in [6.07, 6.45) is 0.685. The van der Waals surface area contributed by atoms with Crippen molar-refractivity contribution in [3.05, 3.63) is 41.2 Å². The summed E-state index contributed by atoms with van der Waals surface area (Å²) in [7, 11) is -0.736. The van der Waals surface area contributed by atoms with E-state index in [0.29, 0.717) is 60.8 Å². The third-order valence-electron chi connectivity index (χ3n) is 5.41. The molecule has 170 valence electrons. The van der Waals surface area contributed by atoms with E-state index < -0.39 is 15.8 Å². The Morgan fingerprint density at radius 2 is 1.81 bits per heavy atom. The topological polar surface area (TPSA) is 117 Å². The maximum absolute atomic E-state index is 13.3. The summed E-state index contributed by atoms with van der Waals surface area (Å²) in [6.45, 7) is 4.25. The summed E-state index contributed by atoms with van der Waals surface area (Å²) in [6, 6.07) is 6.25. The number of rotatable bonds is 6. The number of benzene rings is 1. The van der Waals surface area contributed by atoms with Gasteiger partial charge in [-0.1, -0.05) is 19.1 Å². The number of ether oxygens (including phenoxy) is 2. The molecule has 10 nitrogen and oxygen atoms in total. The monoisotopic (exact) mass is 459 g/mol. The molecule has 32 heavy (non-hydrogen) atoms. The quantitative estimate of drug-likeness (QED) is 0.399. The molecule has 0 saturated carbocycles. The molecule has 1 saturated heterocycles. The lowest BCUT2D eigenvalue weighted by Crippen LogP contribution is -2.37. The van der Waals surface area contributed by atoms with Crippen LogP contribution in [0.15, 0.2) is 29.4 Å². The average Bonchev–Trinajstić information content (AvgIpc) is 3.14. The van der Waals surface area contributed by atoms with E-state index in [1.807, 2.05) is 23.4 Å². The molecule has 0 unspecified atom stereocenters. The van der Waals surface area contributed by atoms with Gasteiger partial charge in [0, 0.05) is 26.6 Å². The molecule has 0 radical (unpaired) electrons. The minimum atomic E-state index is -3.86. The van der Waals surface area contributed by atoms with Crippen molar-refractivity contribution in [2.24, 2.45) is 7.05 Å². The lowest BCUT2D eigenvalue weighted by molar-refractivity contribution is 0.0600. The van der Waals surface area contributed by atoms with Crippen molar-refractivity contribution in [2.45, 2.75) is 24.3 Å². The first kappa shape index (κ1) is 22.2. The van der Waals surface area contributed by atoms with Crippen molar-refractivity contribution >= 4 is 32.8 Å². The standard InChI is InChI=1S/C21H25N5O5S/c1-4-16-22-17-18(25(16)2)23-21(24-19(17)26-9-11-31-12-10-26)32(28,29)13-14-5-7-15(8-6-14)20(27)30-3/h5-8H,4,9-13H2,1-3H3. The highest BCUT2D eigenvalue weighted by Gasteiger charge is 2.27. The van der Waals surface area contributed by atoms with Crippen LogP contribution in [0.3, 0.4) is 0 Å². The van der Waals surface area contributed by atoms with Crippen LogP contribution < -0.4 is 4.90 Å². The van der Waals surface area contributed by atoms with Gasteiger partial charge >= 0.3 is 5.97 Å². The van der Waals surface area contributed by atoms with Gasteiger partial charge in [-0.2, -0.15) is 9.97 Å². The van der Waals surface area contributed by atoms with Crippen LogP contribution in [0, 0.1) is 0 Å². The Morgan fingerprint density at radius 1 is 1.12 bits per heavy atom. The Kier molecular flexibility index (Phi) is 6.11. The van der Waals surface area contributed by atoms with Gasteiger partial charge in [0.2, 0.25) is 9.84 Å². The van der Waals surface area contributed by atoms with Gasteiger partial charge in [0.15, 0.2) is 17.0 Å². The molecule has 1 aliphatic heterocycles. The van der Waals surface area contributed by atoms with E-state index >= 15 is 0 Å². The second-order valence-electron chi connectivity index (χ2n) is 7.49. The van der Waals surface area contributed by atoms with Gasteiger partial charge in [-0.25, -0.2) is 18.2 Å². The number of imidazole rings is 1. The maximum Gasteiger partial charge on any atom is 0.337 e. The van der Waals surface area contributed by atoms with Crippen molar-refractivity contribution in [3.8, 4) is 0 Å². The van der Waals surface area contributed by atoms with Crippen LogP contribution in [0.5, 0.6) is 0 Å². The fraction of sp³-hybridized carbons (Fsp3) is 0.429. The van der Waals surface area contributed by atoms with Crippen LogP contribution in [0.25, 0.3) is 11.2 Å². The molecule has 4 rings (SSSR count). The molecule has 0 amide bonds. The zero-order valence-electron chi connectivity index (χ0n) is 18.2. The van der Waals surface area contributed by atoms with Gasteiger partial charge in [-0.3, -0.25) is 0 Å². The van der Waals surface area contributed by atoms with Gasteiger partial charge < -0.3 is 18.9 Å². The van der Waals surface area contributed by atoms with Crippen LogP contribution in [0.2, 0.25) is 0 Å². The number of morpholine rings is 1. The number of carbonyl (C=O) groups excluding carboxylic acids is 1. The van der Waals surface area contributed by atoms with Crippen molar-refractivity contribution in [3.63, 3.8) is 0 Å². The van der Waals surface area contributed by atoms with E-state index in [2.05, 4.69) is 19.7 Å². The molecule has 1 aromatic carbocycles. The highest BCUT2D eigenvalue weighted by molar-refractivity contribution is 7.90. The first-order valence-corrected chi connectivity index (χ1v) is 11.9.